The van der Waals surface area contributed by atoms with Crippen LogP contribution >= 0.6 is 0 Å². The van der Waals surface area contributed by atoms with E-state index < -0.39 is 0 Å². The van der Waals surface area contributed by atoms with E-state index in [0.29, 0.717) is 57.1 Å². The number of nitrogens with one attached hydrogen (secondary N) is 1. The zero-order valence-electron chi connectivity index (χ0n) is 23.9. The number of carbonyl (C=O) groups excluding carboxylic acids is 2. The fourth-order valence-electron chi connectivity index (χ4n) is 5.74. The van der Waals surface area contributed by atoms with E-state index in [9.17, 15) is 9.59 Å². The molecular weight excluding hydrogens is 496 g/mol. The van der Waals surface area contributed by atoms with Crippen molar-refractivity contribution in [3.05, 3.63) is 53.1 Å². The lowest BCUT2D eigenvalue weighted by Crippen LogP contribution is -2.52. The van der Waals surface area contributed by atoms with Gasteiger partial charge in [0, 0.05) is 58.3 Å². The molecule has 9 nitrogen and oxygen atoms in total. The lowest BCUT2D eigenvalue weighted by atomic mass is 10.1. The van der Waals surface area contributed by atoms with E-state index in [-0.39, 0.29) is 23.9 Å². The Morgan fingerprint density at radius 1 is 1.05 bits per heavy atom. The fraction of sp³-hybridized carbons (Fsp3) is 0.533. The molecule has 0 aromatic heterocycles. The van der Waals surface area contributed by atoms with Crippen LogP contribution in [0.1, 0.15) is 36.5 Å². The molecular formula is C30H42N4O5. The number of piperazine rings is 1. The molecule has 0 saturated carbocycles. The van der Waals surface area contributed by atoms with E-state index >= 15 is 0 Å². The molecule has 2 aromatic carbocycles. The van der Waals surface area contributed by atoms with Crippen molar-refractivity contribution in [1.29, 1.82) is 0 Å². The Kier molecular flexibility index (Phi) is 9.69. The minimum Gasteiger partial charge on any atom is -0.497 e. The molecule has 0 bridgehead atoms. The van der Waals surface area contributed by atoms with Gasteiger partial charge in [-0.25, -0.2) is 0 Å². The third-order valence-corrected chi connectivity index (χ3v) is 7.93. The molecule has 2 aromatic rings. The second kappa shape index (κ2) is 13.2. The van der Waals surface area contributed by atoms with E-state index in [2.05, 4.69) is 10.2 Å². The van der Waals surface area contributed by atoms with Crippen LogP contribution in [-0.2, 0) is 22.7 Å². The Balaban J connectivity index is 1.63. The third-order valence-electron chi connectivity index (χ3n) is 7.93. The first-order chi connectivity index (χ1) is 18.9. The summed E-state index contributed by atoms with van der Waals surface area (Å²) in [5, 5.41) is 3.33. The Bertz CT molecular complexity index is 1150. The molecule has 2 atom stereocenters. The van der Waals surface area contributed by atoms with Gasteiger partial charge < -0.3 is 29.3 Å². The van der Waals surface area contributed by atoms with E-state index in [1.165, 1.54) is 0 Å². The summed E-state index contributed by atoms with van der Waals surface area (Å²) >= 11 is 0. The lowest BCUT2D eigenvalue weighted by molar-refractivity contribution is -0.137. The van der Waals surface area contributed by atoms with Gasteiger partial charge in [0.15, 0.2) is 11.5 Å². The van der Waals surface area contributed by atoms with Crippen molar-refractivity contribution in [2.75, 3.05) is 54.1 Å². The standard InChI is InChI=1S/C30H42N4O5/c1-6-28(35)34(18-22-8-7-9-25(16-22)37-3)24-17-26(30(36)32-14-12-31-13-15-32)33(20-24)19-23-10-11-27(38-4)29(39-5)21(23)2/h7-11,16,24,26,31H,6,12-15,17-20H2,1-5H3. The zero-order valence-corrected chi connectivity index (χ0v) is 23.9. The maximum absolute atomic E-state index is 13.9. The fourth-order valence-corrected chi connectivity index (χ4v) is 5.74. The summed E-state index contributed by atoms with van der Waals surface area (Å²) in [6.07, 6.45) is 1.01. The average Bonchev–Trinajstić information content (AvgIpc) is 3.39. The SMILES string of the molecule is CCC(=O)N(Cc1cccc(OC)c1)C1CC(C(=O)N2CCNCC2)N(Cc2ccc(OC)c(OC)c2C)C1. The summed E-state index contributed by atoms with van der Waals surface area (Å²) in [4.78, 5) is 33.3. The van der Waals surface area contributed by atoms with Gasteiger partial charge in [-0.1, -0.05) is 25.1 Å². The molecule has 2 aliphatic heterocycles. The van der Waals surface area contributed by atoms with Crippen LogP contribution in [0.4, 0.5) is 0 Å². The van der Waals surface area contributed by atoms with Crippen LogP contribution < -0.4 is 19.5 Å². The summed E-state index contributed by atoms with van der Waals surface area (Å²) in [5.74, 6) is 2.38. The quantitative estimate of drug-likeness (QED) is 0.498. The second-order valence-corrected chi connectivity index (χ2v) is 10.2. The summed E-state index contributed by atoms with van der Waals surface area (Å²) in [6, 6.07) is 11.4. The summed E-state index contributed by atoms with van der Waals surface area (Å²) in [5.41, 5.74) is 3.08. The first-order valence-corrected chi connectivity index (χ1v) is 13.8. The molecule has 0 aliphatic carbocycles. The average molecular weight is 539 g/mol. The van der Waals surface area contributed by atoms with Crippen LogP contribution in [0.5, 0.6) is 17.2 Å². The molecule has 2 fully saturated rings. The largest absolute Gasteiger partial charge is 0.497 e. The van der Waals surface area contributed by atoms with Gasteiger partial charge in [-0.2, -0.15) is 0 Å². The highest BCUT2D eigenvalue weighted by molar-refractivity contribution is 5.83. The van der Waals surface area contributed by atoms with Crippen molar-refractivity contribution < 1.29 is 23.8 Å². The number of rotatable bonds is 10. The smallest absolute Gasteiger partial charge is 0.240 e. The molecule has 2 unspecified atom stereocenters. The normalized spacial score (nSPS) is 19.6. The number of carbonyl (C=O) groups is 2. The summed E-state index contributed by atoms with van der Waals surface area (Å²) in [7, 11) is 4.92. The number of hydrogen-bond donors (Lipinski definition) is 1. The predicted molar refractivity (Wildman–Crippen MR) is 150 cm³/mol. The number of methoxy groups -OCH3 is 3. The van der Waals surface area contributed by atoms with Crippen LogP contribution in [0, 0.1) is 6.92 Å². The van der Waals surface area contributed by atoms with Gasteiger partial charge in [0.1, 0.15) is 5.75 Å². The molecule has 1 N–H and O–H groups in total. The minimum atomic E-state index is -0.307. The van der Waals surface area contributed by atoms with Gasteiger partial charge >= 0.3 is 0 Å². The molecule has 39 heavy (non-hydrogen) atoms. The summed E-state index contributed by atoms with van der Waals surface area (Å²) < 4.78 is 16.5. The Morgan fingerprint density at radius 3 is 2.49 bits per heavy atom. The van der Waals surface area contributed by atoms with Gasteiger partial charge in [-0.3, -0.25) is 14.5 Å². The molecule has 0 radical (unpaired) electrons. The third kappa shape index (κ3) is 6.47. The molecule has 2 amide bonds. The van der Waals surface area contributed by atoms with Crippen molar-refractivity contribution >= 4 is 11.8 Å². The van der Waals surface area contributed by atoms with E-state index in [1.54, 1.807) is 21.3 Å². The van der Waals surface area contributed by atoms with Crippen molar-refractivity contribution in [2.45, 2.75) is 51.9 Å². The number of likely N-dealkylation sites (tertiary alicyclic amines) is 1. The molecule has 2 saturated heterocycles. The highest BCUT2D eigenvalue weighted by atomic mass is 16.5. The minimum absolute atomic E-state index is 0.0824. The van der Waals surface area contributed by atoms with Crippen LogP contribution in [0.15, 0.2) is 36.4 Å². The van der Waals surface area contributed by atoms with Gasteiger partial charge in [0.05, 0.1) is 27.4 Å². The number of ether oxygens (including phenoxy) is 3. The lowest BCUT2D eigenvalue weighted by Gasteiger charge is -2.33. The van der Waals surface area contributed by atoms with Crippen LogP contribution in [0.25, 0.3) is 0 Å². The number of hydrogen-bond acceptors (Lipinski definition) is 7. The van der Waals surface area contributed by atoms with E-state index in [0.717, 1.165) is 35.5 Å². The van der Waals surface area contributed by atoms with Crippen molar-refractivity contribution in [1.82, 2.24) is 20.0 Å². The molecule has 2 heterocycles. The van der Waals surface area contributed by atoms with Gasteiger partial charge in [-0.15, -0.1) is 0 Å². The monoisotopic (exact) mass is 538 g/mol. The van der Waals surface area contributed by atoms with E-state index in [4.69, 9.17) is 14.2 Å². The first-order valence-electron chi connectivity index (χ1n) is 13.8. The number of nitrogens with zero attached hydrogens (tertiary/aromatic N) is 3. The molecule has 2 aliphatic rings. The van der Waals surface area contributed by atoms with Crippen LogP contribution in [-0.4, -0.2) is 92.7 Å². The zero-order chi connectivity index (χ0) is 27.9. The predicted octanol–water partition coefficient (Wildman–Crippen LogP) is 2.83. The molecule has 9 heteroatoms. The van der Waals surface area contributed by atoms with Crippen molar-refractivity contribution in [2.24, 2.45) is 0 Å². The van der Waals surface area contributed by atoms with Gasteiger partial charge in [-0.05, 0) is 48.2 Å². The first kappa shape index (κ1) is 28.7. The van der Waals surface area contributed by atoms with Crippen LogP contribution in [0.2, 0.25) is 0 Å². The van der Waals surface area contributed by atoms with Crippen molar-refractivity contribution in [3.8, 4) is 17.2 Å². The Labute approximate surface area is 232 Å². The number of amides is 2. The Morgan fingerprint density at radius 2 is 1.82 bits per heavy atom. The maximum Gasteiger partial charge on any atom is 0.240 e. The second-order valence-electron chi connectivity index (χ2n) is 10.2. The summed E-state index contributed by atoms with van der Waals surface area (Å²) in [6.45, 7) is 8.59. The van der Waals surface area contributed by atoms with Crippen LogP contribution in [0.3, 0.4) is 0 Å². The maximum atomic E-state index is 13.9. The topological polar surface area (TPSA) is 83.6 Å². The van der Waals surface area contributed by atoms with Gasteiger partial charge in [0.25, 0.3) is 0 Å². The molecule has 212 valence electrons. The highest BCUT2D eigenvalue weighted by Crippen LogP contribution is 2.35. The molecule has 0 spiro atoms. The highest BCUT2D eigenvalue weighted by Gasteiger charge is 2.42. The Hall–Kier alpha value is -3.30. The van der Waals surface area contributed by atoms with Crippen molar-refractivity contribution in [3.63, 3.8) is 0 Å². The number of benzene rings is 2. The van der Waals surface area contributed by atoms with Gasteiger partial charge in [0.2, 0.25) is 11.8 Å². The molecule has 4 rings (SSSR count). The van der Waals surface area contributed by atoms with E-state index in [1.807, 2.05) is 60.0 Å².